The van der Waals surface area contributed by atoms with Crippen LogP contribution in [0, 0.1) is 0 Å². The molecule has 3 nitrogen and oxygen atoms in total. The number of carbonyl (C=O) groups excluding carboxylic acids is 1. The third kappa shape index (κ3) is 3.87. The lowest BCUT2D eigenvalue weighted by Gasteiger charge is -2.23. The zero-order valence-corrected chi connectivity index (χ0v) is 11.2. The van der Waals surface area contributed by atoms with Crippen LogP contribution in [0.3, 0.4) is 0 Å². The van der Waals surface area contributed by atoms with Crippen LogP contribution in [-0.4, -0.2) is 17.7 Å². The van der Waals surface area contributed by atoms with Crippen molar-refractivity contribution in [1.29, 1.82) is 0 Å². The maximum atomic E-state index is 11.3. The summed E-state index contributed by atoms with van der Waals surface area (Å²) in [6.45, 7) is 3.53. The maximum Gasteiger partial charge on any atom is 0.309 e. The third-order valence-electron chi connectivity index (χ3n) is 2.34. The minimum Gasteiger partial charge on any atom is -0.466 e. The summed E-state index contributed by atoms with van der Waals surface area (Å²) in [5, 5.41) is 10.9. The van der Waals surface area contributed by atoms with Gasteiger partial charge in [-0.3, -0.25) is 4.79 Å². The van der Waals surface area contributed by atoms with Crippen molar-refractivity contribution >= 4 is 29.2 Å². The topological polar surface area (TPSA) is 46.5 Å². The molecule has 94 valence electrons. The molecular weight excluding hydrogens is 263 g/mol. The highest BCUT2D eigenvalue weighted by Crippen LogP contribution is 2.30. The monoisotopic (exact) mass is 276 g/mol. The van der Waals surface area contributed by atoms with Gasteiger partial charge in [-0.1, -0.05) is 29.3 Å². The van der Waals surface area contributed by atoms with Gasteiger partial charge in [0.2, 0.25) is 0 Å². The first-order valence-electron chi connectivity index (χ1n) is 5.20. The van der Waals surface area contributed by atoms with Crippen LogP contribution in [-0.2, 0) is 15.1 Å². The van der Waals surface area contributed by atoms with E-state index in [0.29, 0.717) is 15.6 Å². The Morgan fingerprint density at radius 1 is 1.41 bits per heavy atom. The van der Waals surface area contributed by atoms with Crippen molar-refractivity contribution in [3.05, 3.63) is 33.8 Å². The van der Waals surface area contributed by atoms with Crippen molar-refractivity contribution < 1.29 is 14.6 Å². The van der Waals surface area contributed by atoms with Gasteiger partial charge in [-0.25, -0.2) is 0 Å². The van der Waals surface area contributed by atoms with Crippen LogP contribution in [0.25, 0.3) is 0 Å². The minimum atomic E-state index is -1.32. The molecule has 0 bridgehead atoms. The number of rotatable bonds is 4. The Morgan fingerprint density at radius 2 is 2.06 bits per heavy atom. The fourth-order valence-corrected chi connectivity index (χ4v) is 1.72. The van der Waals surface area contributed by atoms with E-state index in [1.54, 1.807) is 25.1 Å². The molecular formula is C12H14Cl2O3. The molecule has 1 aromatic carbocycles. The Labute approximate surface area is 110 Å². The summed E-state index contributed by atoms with van der Waals surface area (Å²) in [5.41, 5.74) is -0.791. The molecule has 1 rings (SSSR count). The highest BCUT2D eigenvalue weighted by atomic mass is 35.5. The van der Waals surface area contributed by atoms with Gasteiger partial charge in [-0.05, 0) is 31.5 Å². The molecule has 1 unspecified atom stereocenters. The molecule has 0 aliphatic carbocycles. The summed E-state index contributed by atoms with van der Waals surface area (Å²) >= 11 is 11.6. The number of hydrogen-bond acceptors (Lipinski definition) is 3. The number of benzene rings is 1. The normalized spacial score (nSPS) is 14.2. The van der Waals surface area contributed by atoms with Crippen LogP contribution in [0.2, 0.25) is 10.0 Å². The fraction of sp³-hybridized carbons (Fsp3) is 0.417. The first-order valence-corrected chi connectivity index (χ1v) is 5.96. The van der Waals surface area contributed by atoms with Gasteiger partial charge < -0.3 is 9.84 Å². The molecule has 0 amide bonds. The van der Waals surface area contributed by atoms with Gasteiger partial charge in [0.1, 0.15) is 0 Å². The zero-order chi connectivity index (χ0) is 13.1. The molecule has 1 atom stereocenters. The van der Waals surface area contributed by atoms with Crippen molar-refractivity contribution in [1.82, 2.24) is 0 Å². The van der Waals surface area contributed by atoms with Crippen LogP contribution in [0.15, 0.2) is 18.2 Å². The molecule has 0 aromatic heterocycles. The highest BCUT2D eigenvalue weighted by Gasteiger charge is 2.27. The molecule has 0 aliphatic heterocycles. The Morgan fingerprint density at radius 3 is 2.59 bits per heavy atom. The second kappa shape index (κ2) is 5.71. The first kappa shape index (κ1) is 14.3. The van der Waals surface area contributed by atoms with Crippen LogP contribution < -0.4 is 0 Å². The molecule has 0 saturated heterocycles. The molecule has 0 fully saturated rings. The van der Waals surface area contributed by atoms with E-state index in [4.69, 9.17) is 27.9 Å². The lowest BCUT2D eigenvalue weighted by Crippen LogP contribution is -2.26. The van der Waals surface area contributed by atoms with Crippen LogP contribution >= 0.6 is 23.2 Å². The van der Waals surface area contributed by atoms with Gasteiger partial charge in [-0.2, -0.15) is 0 Å². The number of halogens is 2. The molecule has 0 radical (unpaired) electrons. The molecule has 0 spiro atoms. The number of ether oxygens (including phenoxy) is 1. The van der Waals surface area contributed by atoms with E-state index in [1.807, 2.05) is 0 Å². The highest BCUT2D eigenvalue weighted by molar-refractivity contribution is 6.42. The molecule has 1 aromatic rings. The van der Waals surface area contributed by atoms with E-state index in [9.17, 15) is 9.90 Å². The van der Waals surface area contributed by atoms with Crippen molar-refractivity contribution in [2.75, 3.05) is 6.61 Å². The van der Waals surface area contributed by atoms with E-state index in [1.165, 1.54) is 6.92 Å². The quantitative estimate of drug-likeness (QED) is 0.860. The van der Waals surface area contributed by atoms with Gasteiger partial charge in [0, 0.05) is 0 Å². The number of aliphatic hydroxyl groups is 1. The van der Waals surface area contributed by atoms with Gasteiger partial charge >= 0.3 is 5.97 Å². The summed E-state index contributed by atoms with van der Waals surface area (Å²) in [6, 6.07) is 4.76. The lowest BCUT2D eigenvalue weighted by molar-refractivity contribution is -0.148. The van der Waals surface area contributed by atoms with Crippen molar-refractivity contribution in [3.63, 3.8) is 0 Å². The molecule has 1 N–H and O–H groups in total. The first-order chi connectivity index (χ1) is 7.86. The summed E-state index contributed by atoms with van der Waals surface area (Å²) < 4.78 is 4.80. The number of hydrogen-bond donors (Lipinski definition) is 1. The van der Waals surface area contributed by atoms with E-state index < -0.39 is 11.6 Å². The average molecular weight is 277 g/mol. The zero-order valence-electron chi connectivity index (χ0n) is 9.67. The molecule has 5 heteroatoms. The Balaban J connectivity index is 2.88. The van der Waals surface area contributed by atoms with Crippen molar-refractivity contribution in [3.8, 4) is 0 Å². The molecule has 0 saturated carbocycles. The number of carbonyl (C=O) groups is 1. The van der Waals surface area contributed by atoms with Gasteiger partial charge in [-0.15, -0.1) is 0 Å². The largest absolute Gasteiger partial charge is 0.466 e. The third-order valence-corrected chi connectivity index (χ3v) is 3.07. The van der Waals surface area contributed by atoms with Crippen LogP contribution in [0.4, 0.5) is 0 Å². The summed E-state index contributed by atoms with van der Waals surface area (Å²) in [7, 11) is 0. The molecule has 17 heavy (non-hydrogen) atoms. The van der Waals surface area contributed by atoms with E-state index in [0.717, 1.165) is 0 Å². The molecule has 0 aliphatic rings. The van der Waals surface area contributed by atoms with Gasteiger partial charge in [0.05, 0.1) is 28.7 Å². The molecule has 0 heterocycles. The minimum absolute atomic E-state index is 0.126. The summed E-state index contributed by atoms with van der Waals surface area (Å²) in [5.74, 6) is -0.455. The second-order valence-electron chi connectivity index (χ2n) is 3.88. The number of esters is 1. The average Bonchev–Trinajstić information content (AvgIpc) is 2.21. The maximum absolute atomic E-state index is 11.3. The second-order valence-corrected chi connectivity index (χ2v) is 4.70. The summed E-state index contributed by atoms with van der Waals surface area (Å²) in [6.07, 6.45) is -0.126. The Kier molecular flexibility index (Phi) is 4.80. The van der Waals surface area contributed by atoms with Crippen molar-refractivity contribution in [2.45, 2.75) is 25.9 Å². The smallest absolute Gasteiger partial charge is 0.309 e. The van der Waals surface area contributed by atoms with E-state index in [2.05, 4.69) is 0 Å². The SMILES string of the molecule is CCOC(=O)CC(C)(O)c1ccc(Cl)c(Cl)c1. The van der Waals surface area contributed by atoms with E-state index >= 15 is 0 Å². The lowest BCUT2D eigenvalue weighted by atomic mass is 9.93. The Hall–Kier alpha value is -0.770. The predicted molar refractivity (Wildman–Crippen MR) is 67.3 cm³/mol. The van der Waals surface area contributed by atoms with E-state index in [-0.39, 0.29) is 13.0 Å². The summed E-state index contributed by atoms with van der Waals surface area (Å²) in [4.78, 5) is 11.3. The Bertz CT molecular complexity index is 416. The van der Waals surface area contributed by atoms with Crippen LogP contribution in [0.5, 0.6) is 0 Å². The predicted octanol–water partition coefficient (Wildman–Crippen LogP) is 3.15. The van der Waals surface area contributed by atoms with Gasteiger partial charge in [0.15, 0.2) is 0 Å². The van der Waals surface area contributed by atoms with Crippen LogP contribution in [0.1, 0.15) is 25.8 Å². The standard InChI is InChI=1S/C12H14Cl2O3/c1-3-17-11(15)7-12(2,16)8-4-5-9(13)10(14)6-8/h4-6,16H,3,7H2,1-2H3. The van der Waals surface area contributed by atoms with Gasteiger partial charge in [0.25, 0.3) is 0 Å². The fourth-order valence-electron chi connectivity index (χ4n) is 1.43. The van der Waals surface area contributed by atoms with Crippen molar-refractivity contribution in [2.24, 2.45) is 0 Å².